The van der Waals surface area contributed by atoms with E-state index in [0.717, 1.165) is 28.9 Å². The Kier molecular flexibility index (Phi) is 4.76. The molecule has 0 aliphatic carbocycles. The second-order valence-corrected chi connectivity index (χ2v) is 7.45. The fourth-order valence-corrected chi connectivity index (χ4v) is 4.09. The number of aromatic carboxylic acids is 1. The highest BCUT2D eigenvalue weighted by molar-refractivity contribution is 7.91. The number of aryl methyl sites for hydroxylation is 1. The zero-order valence-electron chi connectivity index (χ0n) is 11.4. The molecule has 0 bridgehead atoms. The molecular formula is C14H15NO4S2. The predicted octanol–water partition coefficient (Wildman–Crippen LogP) is 2.49. The number of hydrogen-bond donors (Lipinski definition) is 2. The Bertz CT molecular complexity index is 750. The number of carbonyl (C=O) groups is 1. The van der Waals surface area contributed by atoms with Gasteiger partial charge in [0.1, 0.15) is 9.09 Å². The van der Waals surface area contributed by atoms with Crippen LogP contribution in [0.1, 0.15) is 27.7 Å². The Hall–Kier alpha value is -1.70. The van der Waals surface area contributed by atoms with Crippen molar-refractivity contribution in [2.24, 2.45) is 0 Å². The SMILES string of the molecule is CCc1ccccc1CNS(=O)(=O)c1ccc(C(=O)O)s1. The summed E-state index contributed by atoms with van der Waals surface area (Å²) in [5.74, 6) is -1.13. The third-order valence-electron chi connectivity index (χ3n) is 3.01. The standard InChI is InChI=1S/C14H15NO4S2/c1-2-10-5-3-4-6-11(10)9-15-21(18,19)13-8-7-12(20-13)14(16)17/h3-8,15H,2,9H2,1H3,(H,16,17). The fraction of sp³-hybridized carbons (Fsp3) is 0.214. The van der Waals surface area contributed by atoms with Crippen LogP contribution in [0.2, 0.25) is 0 Å². The number of carboxylic acids is 1. The molecule has 7 heteroatoms. The van der Waals surface area contributed by atoms with E-state index >= 15 is 0 Å². The zero-order chi connectivity index (χ0) is 15.5. The summed E-state index contributed by atoms with van der Waals surface area (Å²) in [5, 5.41) is 8.84. The van der Waals surface area contributed by atoms with Crippen molar-refractivity contribution in [2.45, 2.75) is 24.1 Å². The van der Waals surface area contributed by atoms with Crippen LogP contribution >= 0.6 is 11.3 Å². The Balaban J connectivity index is 2.16. The van der Waals surface area contributed by atoms with Crippen LogP contribution in [-0.2, 0) is 23.0 Å². The Labute approximate surface area is 127 Å². The van der Waals surface area contributed by atoms with E-state index in [4.69, 9.17) is 5.11 Å². The van der Waals surface area contributed by atoms with Gasteiger partial charge >= 0.3 is 5.97 Å². The van der Waals surface area contributed by atoms with Crippen LogP contribution in [0.5, 0.6) is 0 Å². The molecule has 1 aromatic carbocycles. The second-order valence-electron chi connectivity index (χ2n) is 4.37. The molecule has 0 fully saturated rings. The molecule has 112 valence electrons. The van der Waals surface area contributed by atoms with E-state index in [2.05, 4.69) is 4.72 Å². The third kappa shape index (κ3) is 3.69. The molecule has 0 aliphatic rings. The van der Waals surface area contributed by atoms with Crippen LogP contribution in [0, 0.1) is 0 Å². The number of rotatable bonds is 6. The number of thiophene rings is 1. The normalized spacial score (nSPS) is 11.5. The lowest BCUT2D eigenvalue weighted by molar-refractivity contribution is 0.0702. The van der Waals surface area contributed by atoms with Crippen LogP contribution in [0.25, 0.3) is 0 Å². The molecule has 0 radical (unpaired) electrons. The number of nitrogens with one attached hydrogen (secondary N) is 1. The van der Waals surface area contributed by atoms with Gasteiger partial charge in [0.15, 0.2) is 0 Å². The van der Waals surface area contributed by atoms with Gasteiger partial charge in [-0.25, -0.2) is 17.9 Å². The van der Waals surface area contributed by atoms with E-state index in [-0.39, 0.29) is 15.6 Å². The average Bonchev–Trinajstić information content (AvgIpc) is 2.96. The number of hydrogen-bond acceptors (Lipinski definition) is 4. The summed E-state index contributed by atoms with van der Waals surface area (Å²) in [7, 11) is -3.69. The molecule has 1 aromatic heterocycles. The molecule has 21 heavy (non-hydrogen) atoms. The summed E-state index contributed by atoms with van der Waals surface area (Å²) in [6.07, 6.45) is 0.820. The summed E-state index contributed by atoms with van der Waals surface area (Å²) in [6, 6.07) is 10.2. The smallest absolute Gasteiger partial charge is 0.345 e. The largest absolute Gasteiger partial charge is 0.477 e. The third-order valence-corrected chi connectivity index (χ3v) is 5.98. The van der Waals surface area contributed by atoms with E-state index in [1.807, 2.05) is 31.2 Å². The summed E-state index contributed by atoms with van der Waals surface area (Å²) in [4.78, 5) is 10.8. The molecule has 2 N–H and O–H groups in total. The molecule has 5 nitrogen and oxygen atoms in total. The van der Waals surface area contributed by atoms with Gasteiger partial charge in [0.2, 0.25) is 10.0 Å². The topological polar surface area (TPSA) is 83.5 Å². The predicted molar refractivity (Wildman–Crippen MR) is 81.1 cm³/mol. The van der Waals surface area contributed by atoms with Crippen LogP contribution in [0.4, 0.5) is 0 Å². The summed E-state index contributed by atoms with van der Waals surface area (Å²) >= 11 is 0.743. The molecule has 2 rings (SSSR count). The Morgan fingerprint density at radius 3 is 2.43 bits per heavy atom. The first kappa shape index (κ1) is 15.7. The molecule has 0 saturated heterocycles. The van der Waals surface area contributed by atoms with Gasteiger partial charge in [-0.05, 0) is 29.7 Å². The van der Waals surface area contributed by atoms with Crippen molar-refractivity contribution >= 4 is 27.3 Å². The average molecular weight is 325 g/mol. The molecule has 0 amide bonds. The van der Waals surface area contributed by atoms with Gasteiger partial charge in [0.25, 0.3) is 0 Å². The Morgan fingerprint density at radius 1 is 1.19 bits per heavy atom. The van der Waals surface area contributed by atoms with Crippen molar-refractivity contribution in [3.8, 4) is 0 Å². The second kappa shape index (κ2) is 6.38. The van der Waals surface area contributed by atoms with Gasteiger partial charge in [0.05, 0.1) is 0 Å². The van der Waals surface area contributed by atoms with Gasteiger partial charge in [0, 0.05) is 6.54 Å². The molecule has 1 heterocycles. The van der Waals surface area contributed by atoms with Crippen LogP contribution in [-0.4, -0.2) is 19.5 Å². The lowest BCUT2D eigenvalue weighted by atomic mass is 10.1. The van der Waals surface area contributed by atoms with Crippen molar-refractivity contribution in [1.82, 2.24) is 4.72 Å². The lowest BCUT2D eigenvalue weighted by Gasteiger charge is -2.08. The van der Waals surface area contributed by atoms with Crippen LogP contribution in [0.15, 0.2) is 40.6 Å². The van der Waals surface area contributed by atoms with Crippen molar-refractivity contribution in [3.63, 3.8) is 0 Å². The Morgan fingerprint density at radius 2 is 1.86 bits per heavy atom. The van der Waals surface area contributed by atoms with Gasteiger partial charge in [-0.1, -0.05) is 31.2 Å². The highest BCUT2D eigenvalue weighted by Crippen LogP contribution is 2.22. The summed E-state index contributed by atoms with van der Waals surface area (Å²) < 4.78 is 26.8. The maximum atomic E-state index is 12.1. The molecule has 0 saturated carbocycles. The summed E-state index contributed by atoms with van der Waals surface area (Å²) in [6.45, 7) is 2.19. The first-order chi connectivity index (χ1) is 9.94. The van der Waals surface area contributed by atoms with Crippen molar-refractivity contribution < 1.29 is 18.3 Å². The highest BCUT2D eigenvalue weighted by atomic mass is 32.2. The first-order valence-electron chi connectivity index (χ1n) is 6.33. The van der Waals surface area contributed by atoms with E-state index < -0.39 is 16.0 Å². The van der Waals surface area contributed by atoms with Gasteiger partial charge in [-0.2, -0.15) is 0 Å². The molecule has 0 atom stereocenters. The van der Waals surface area contributed by atoms with E-state index in [0.29, 0.717) is 0 Å². The summed E-state index contributed by atoms with van der Waals surface area (Å²) in [5.41, 5.74) is 2.00. The van der Waals surface area contributed by atoms with Crippen LogP contribution in [0.3, 0.4) is 0 Å². The molecule has 0 aliphatic heterocycles. The minimum Gasteiger partial charge on any atom is -0.477 e. The van der Waals surface area contributed by atoms with Gasteiger partial charge < -0.3 is 5.11 Å². The highest BCUT2D eigenvalue weighted by Gasteiger charge is 2.19. The maximum Gasteiger partial charge on any atom is 0.345 e. The minimum absolute atomic E-state index is 0.00401. The molecule has 0 unspecified atom stereocenters. The first-order valence-corrected chi connectivity index (χ1v) is 8.63. The van der Waals surface area contributed by atoms with E-state index in [9.17, 15) is 13.2 Å². The zero-order valence-corrected chi connectivity index (χ0v) is 13.0. The van der Waals surface area contributed by atoms with Crippen molar-refractivity contribution in [3.05, 3.63) is 52.4 Å². The quantitative estimate of drug-likeness (QED) is 0.854. The monoisotopic (exact) mass is 325 g/mol. The van der Waals surface area contributed by atoms with Crippen LogP contribution < -0.4 is 4.72 Å². The molecular weight excluding hydrogens is 310 g/mol. The van der Waals surface area contributed by atoms with E-state index in [1.54, 1.807) is 0 Å². The molecule has 0 spiro atoms. The maximum absolute atomic E-state index is 12.1. The van der Waals surface area contributed by atoms with Gasteiger partial charge in [-0.15, -0.1) is 11.3 Å². The minimum atomic E-state index is -3.69. The number of sulfonamides is 1. The molecule has 2 aromatic rings. The van der Waals surface area contributed by atoms with Crippen molar-refractivity contribution in [2.75, 3.05) is 0 Å². The number of carboxylic acid groups (broad SMARTS) is 1. The van der Waals surface area contributed by atoms with E-state index in [1.165, 1.54) is 12.1 Å². The van der Waals surface area contributed by atoms with Gasteiger partial charge in [-0.3, -0.25) is 0 Å². The lowest BCUT2D eigenvalue weighted by Crippen LogP contribution is -2.23. The van der Waals surface area contributed by atoms with Crippen molar-refractivity contribution in [1.29, 1.82) is 0 Å². The number of benzene rings is 1. The fourth-order valence-electron chi connectivity index (χ4n) is 1.90.